The number of alkyl halides is 6. The average Bonchev–Trinajstić information content (AvgIpc) is 3.04. The molecule has 0 atom stereocenters. The van der Waals surface area contributed by atoms with Gasteiger partial charge in [0.05, 0.1) is 11.1 Å². The van der Waals surface area contributed by atoms with Gasteiger partial charge in [0.1, 0.15) is 22.9 Å². The molecule has 0 bridgehead atoms. The number of nitrogens with zero attached hydrogens (tertiary/aromatic N) is 2. The molecule has 1 heterocycles. The summed E-state index contributed by atoms with van der Waals surface area (Å²) >= 11 is 0. The van der Waals surface area contributed by atoms with E-state index < -0.39 is 86.2 Å². The monoisotopic (exact) mass is 511 g/mol. The van der Waals surface area contributed by atoms with Gasteiger partial charge in [-0.05, 0) is 25.1 Å². The van der Waals surface area contributed by atoms with Gasteiger partial charge in [0.25, 0.3) is 5.56 Å². The molecule has 3 aromatic rings. The van der Waals surface area contributed by atoms with Crippen LogP contribution in [0.5, 0.6) is 0 Å². The minimum absolute atomic E-state index is 0.0238. The molecule has 2 aromatic carbocycles. The van der Waals surface area contributed by atoms with Crippen molar-refractivity contribution >= 4 is 5.78 Å². The Morgan fingerprint density at radius 3 is 1.74 bits per heavy atom. The van der Waals surface area contributed by atoms with Crippen LogP contribution in [0.3, 0.4) is 0 Å². The van der Waals surface area contributed by atoms with E-state index >= 15 is 0 Å². The minimum atomic E-state index is -5.33. The van der Waals surface area contributed by atoms with Gasteiger partial charge in [0.2, 0.25) is 5.78 Å². The maximum Gasteiger partial charge on any atom is 0.416 e. The second-order valence-electron chi connectivity index (χ2n) is 6.97. The number of benzene rings is 2. The van der Waals surface area contributed by atoms with Crippen molar-refractivity contribution in [2.24, 2.45) is 0 Å². The van der Waals surface area contributed by atoms with Gasteiger partial charge in [-0.3, -0.25) is 14.7 Å². The van der Waals surface area contributed by atoms with E-state index in [4.69, 9.17) is 5.26 Å². The Morgan fingerprint density at radius 2 is 1.34 bits per heavy atom. The summed E-state index contributed by atoms with van der Waals surface area (Å²) in [5, 5.41) is 10.5. The lowest BCUT2D eigenvalue weighted by Gasteiger charge is -2.13. The Bertz CT molecular complexity index is 1410. The molecule has 3 rings (SSSR count). The molecule has 184 valence electrons. The van der Waals surface area contributed by atoms with Gasteiger partial charge in [-0.2, -0.15) is 31.6 Å². The number of carbonyl (C=O) groups excluding carboxylic acids is 1. The molecule has 5 nitrogen and oxygen atoms in total. The largest absolute Gasteiger partial charge is 0.416 e. The second kappa shape index (κ2) is 8.29. The molecule has 1 aromatic heterocycles. The number of rotatable bonds is 3. The van der Waals surface area contributed by atoms with Crippen LogP contribution in [0.4, 0.5) is 43.9 Å². The first-order valence-electron chi connectivity index (χ1n) is 8.92. The summed E-state index contributed by atoms with van der Waals surface area (Å²) < 4.78 is 135. The van der Waals surface area contributed by atoms with Crippen LogP contribution < -0.4 is 5.56 Å². The zero-order chi connectivity index (χ0) is 26.6. The third-order valence-corrected chi connectivity index (χ3v) is 4.72. The molecule has 0 saturated carbocycles. The Morgan fingerprint density at radius 1 is 0.886 bits per heavy atom. The van der Waals surface area contributed by atoms with Crippen molar-refractivity contribution in [2.75, 3.05) is 0 Å². The predicted molar refractivity (Wildman–Crippen MR) is 95.6 cm³/mol. The molecule has 1 N–H and O–H groups in total. The fourth-order valence-electron chi connectivity index (χ4n) is 3.12. The van der Waals surface area contributed by atoms with E-state index in [0.29, 0.717) is 0 Å². The highest BCUT2D eigenvalue weighted by molar-refractivity contribution is 6.09. The van der Waals surface area contributed by atoms with Crippen molar-refractivity contribution in [3.05, 3.63) is 85.3 Å². The molecular formula is C20H7F10N3O2. The Balaban J connectivity index is 2.27. The number of nitrogens with one attached hydrogen (secondary N) is 1. The lowest BCUT2D eigenvalue weighted by atomic mass is 9.98. The number of aromatic nitrogens is 2. The lowest BCUT2D eigenvalue weighted by Crippen LogP contribution is -2.24. The SMILES string of the molecule is Cc1[nH]n(-c2c(F)c(F)c(C#N)c(F)c2F)c(=O)c1C(=O)c1cc(C(F)(F)F)cc(C(F)(F)F)c1. The fourth-order valence-corrected chi connectivity index (χ4v) is 3.12. The van der Waals surface area contributed by atoms with Gasteiger partial charge in [-0.15, -0.1) is 0 Å². The quantitative estimate of drug-likeness (QED) is 0.300. The topological polar surface area (TPSA) is 78.7 Å². The summed E-state index contributed by atoms with van der Waals surface area (Å²) in [6.45, 7) is 0.885. The molecule has 0 spiro atoms. The van der Waals surface area contributed by atoms with Gasteiger partial charge in [-0.25, -0.2) is 22.2 Å². The highest BCUT2D eigenvalue weighted by Gasteiger charge is 2.38. The zero-order valence-electron chi connectivity index (χ0n) is 16.7. The average molecular weight is 511 g/mol. The van der Waals surface area contributed by atoms with Crippen molar-refractivity contribution in [3.8, 4) is 11.8 Å². The molecule has 0 fully saturated rings. The second-order valence-corrected chi connectivity index (χ2v) is 6.97. The third kappa shape index (κ3) is 4.27. The first-order valence-corrected chi connectivity index (χ1v) is 8.92. The van der Waals surface area contributed by atoms with Crippen LogP contribution in [-0.4, -0.2) is 15.6 Å². The van der Waals surface area contributed by atoms with E-state index in [9.17, 15) is 53.5 Å². The van der Waals surface area contributed by atoms with E-state index in [-0.39, 0.29) is 22.9 Å². The summed E-state index contributed by atoms with van der Waals surface area (Å²) in [6.07, 6.45) is -10.7. The van der Waals surface area contributed by atoms with Crippen LogP contribution in [0.1, 0.15) is 38.3 Å². The van der Waals surface area contributed by atoms with Crippen LogP contribution in [-0.2, 0) is 12.4 Å². The number of aryl methyl sites for hydroxylation is 1. The van der Waals surface area contributed by atoms with Crippen LogP contribution in [0.15, 0.2) is 23.0 Å². The van der Waals surface area contributed by atoms with Crippen LogP contribution in [0.25, 0.3) is 5.69 Å². The fraction of sp³-hybridized carbons (Fsp3) is 0.150. The van der Waals surface area contributed by atoms with Crippen molar-refractivity contribution in [3.63, 3.8) is 0 Å². The van der Waals surface area contributed by atoms with Crippen LogP contribution in [0.2, 0.25) is 0 Å². The number of aromatic amines is 1. The van der Waals surface area contributed by atoms with Crippen molar-refractivity contribution in [1.82, 2.24) is 9.78 Å². The number of halogens is 10. The summed E-state index contributed by atoms with van der Waals surface area (Å²) in [4.78, 5) is 25.4. The summed E-state index contributed by atoms with van der Waals surface area (Å²) in [7, 11) is 0. The molecule has 0 radical (unpaired) electrons. The molecule has 0 aliphatic rings. The normalized spacial score (nSPS) is 12.1. The Labute approximate surface area is 186 Å². The first-order chi connectivity index (χ1) is 16.0. The third-order valence-electron chi connectivity index (χ3n) is 4.72. The van der Waals surface area contributed by atoms with Crippen LogP contribution >= 0.6 is 0 Å². The summed E-state index contributed by atoms with van der Waals surface area (Å²) in [5.74, 6) is -10.6. The smallest absolute Gasteiger partial charge is 0.294 e. The Hall–Kier alpha value is -4.09. The summed E-state index contributed by atoms with van der Waals surface area (Å²) in [5.41, 5.74) is -11.9. The van der Waals surface area contributed by atoms with Crippen molar-refractivity contribution in [2.45, 2.75) is 19.3 Å². The molecular weight excluding hydrogens is 504 g/mol. The molecule has 0 amide bonds. The van der Waals surface area contributed by atoms with E-state index in [0.717, 1.165) is 13.0 Å². The van der Waals surface area contributed by atoms with E-state index in [1.165, 1.54) is 0 Å². The predicted octanol–water partition coefficient (Wildman–Crippen LogP) is 5.17. The summed E-state index contributed by atoms with van der Waals surface area (Å²) in [6, 6.07) is 0.640. The van der Waals surface area contributed by atoms with Gasteiger partial charge < -0.3 is 0 Å². The number of ketones is 1. The highest BCUT2D eigenvalue weighted by atomic mass is 19.4. The highest BCUT2D eigenvalue weighted by Crippen LogP contribution is 2.37. The number of hydrogen-bond acceptors (Lipinski definition) is 3. The number of hydrogen-bond donors (Lipinski definition) is 1. The molecule has 0 aliphatic heterocycles. The van der Waals surface area contributed by atoms with Crippen molar-refractivity contribution < 1.29 is 48.7 Å². The van der Waals surface area contributed by atoms with E-state index in [1.807, 2.05) is 5.10 Å². The molecule has 0 aliphatic carbocycles. The van der Waals surface area contributed by atoms with Gasteiger partial charge >= 0.3 is 12.4 Å². The van der Waals surface area contributed by atoms with Crippen molar-refractivity contribution in [1.29, 1.82) is 5.26 Å². The molecule has 35 heavy (non-hydrogen) atoms. The number of H-pyrrole nitrogens is 1. The Kier molecular flexibility index (Phi) is 6.05. The maximum atomic E-state index is 14.3. The van der Waals surface area contributed by atoms with Gasteiger partial charge in [0.15, 0.2) is 23.3 Å². The molecule has 0 saturated heterocycles. The number of nitriles is 1. The van der Waals surface area contributed by atoms with Crippen LogP contribution in [0, 0.1) is 41.5 Å². The lowest BCUT2D eigenvalue weighted by molar-refractivity contribution is -0.143. The van der Waals surface area contributed by atoms with E-state index in [2.05, 4.69) is 0 Å². The minimum Gasteiger partial charge on any atom is -0.294 e. The standard InChI is InChI=1S/C20H7F10N3O2/c1-6-11(17(34)7-2-8(19(25,26)27)4-9(3-7)20(28,29)30)18(35)33(32-6)16-14(23)12(21)10(5-31)13(22)15(16)24/h2-4,32H,1H3. The van der Waals surface area contributed by atoms with E-state index in [1.54, 1.807) is 0 Å². The van der Waals surface area contributed by atoms with Gasteiger partial charge in [-0.1, -0.05) is 0 Å². The molecule has 15 heteroatoms. The number of carbonyl (C=O) groups is 1. The van der Waals surface area contributed by atoms with Gasteiger partial charge in [0, 0.05) is 11.3 Å². The first kappa shape index (κ1) is 25.5. The zero-order valence-corrected chi connectivity index (χ0v) is 16.7. The molecule has 0 unspecified atom stereocenters. The maximum absolute atomic E-state index is 14.3.